The van der Waals surface area contributed by atoms with Crippen LogP contribution in [-0.4, -0.2) is 24.4 Å². The molecule has 0 saturated carbocycles. The Morgan fingerprint density at radius 2 is 1.43 bits per heavy atom. The number of aryl methyl sites for hydroxylation is 3. The van der Waals surface area contributed by atoms with Gasteiger partial charge in [-0.1, -0.05) is 23.7 Å². The van der Waals surface area contributed by atoms with Crippen LogP contribution >= 0.6 is 11.6 Å². The summed E-state index contributed by atoms with van der Waals surface area (Å²) in [6.07, 6.45) is -0.224. The molecule has 2 amide bonds. The van der Waals surface area contributed by atoms with E-state index in [0.29, 0.717) is 22.1 Å². The SMILES string of the molecule is Cc1ccc(Oc2ccc(NC(=O)CCC(=O)OCC(=O)Nc3cc(Cl)ccc3C)cc2)cc1C. The summed E-state index contributed by atoms with van der Waals surface area (Å²) in [7, 11) is 0. The first-order valence-electron chi connectivity index (χ1n) is 11.1. The van der Waals surface area contributed by atoms with Gasteiger partial charge in [0.05, 0.1) is 6.42 Å². The van der Waals surface area contributed by atoms with Crippen LogP contribution in [0.4, 0.5) is 11.4 Å². The van der Waals surface area contributed by atoms with Gasteiger partial charge in [-0.3, -0.25) is 14.4 Å². The molecule has 182 valence electrons. The zero-order valence-corrected chi connectivity index (χ0v) is 20.6. The highest BCUT2D eigenvalue weighted by atomic mass is 35.5. The van der Waals surface area contributed by atoms with E-state index in [-0.39, 0.29) is 18.7 Å². The third kappa shape index (κ3) is 8.15. The Morgan fingerprint density at radius 3 is 2.14 bits per heavy atom. The number of carbonyl (C=O) groups excluding carboxylic acids is 3. The molecule has 7 nitrogen and oxygen atoms in total. The maximum Gasteiger partial charge on any atom is 0.306 e. The Bertz CT molecular complexity index is 1220. The van der Waals surface area contributed by atoms with Crippen LogP contribution < -0.4 is 15.4 Å². The van der Waals surface area contributed by atoms with E-state index in [9.17, 15) is 14.4 Å². The molecular formula is C27H27ClN2O5. The fourth-order valence-corrected chi connectivity index (χ4v) is 3.26. The third-order valence-electron chi connectivity index (χ3n) is 5.25. The highest BCUT2D eigenvalue weighted by Gasteiger charge is 2.12. The fourth-order valence-electron chi connectivity index (χ4n) is 3.09. The minimum atomic E-state index is -0.643. The molecule has 0 aliphatic heterocycles. The van der Waals surface area contributed by atoms with Gasteiger partial charge in [-0.15, -0.1) is 0 Å². The summed E-state index contributed by atoms with van der Waals surface area (Å²) in [5, 5.41) is 5.84. The zero-order chi connectivity index (χ0) is 25.4. The molecule has 0 aromatic heterocycles. The number of halogens is 1. The van der Waals surface area contributed by atoms with Gasteiger partial charge >= 0.3 is 5.97 Å². The average molecular weight is 495 g/mol. The highest BCUT2D eigenvalue weighted by molar-refractivity contribution is 6.31. The topological polar surface area (TPSA) is 93.7 Å². The van der Waals surface area contributed by atoms with Gasteiger partial charge in [0.25, 0.3) is 5.91 Å². The largest absolute Gasteiger partial charge is 0.457 e. The molecule has 0 saturated heterocycles. The number of rotatable bonds is 9. The maximum absolute atomic E-state index is 12.2. The van der Waals surface area contributed by atoms with Crippen LogP contribution in [0.15, 0.2) is 60.7 Å². The molecule has 0 spiro atoms. The van der Waals surface area contributed by atoms with Crippen molar-refractivity contribution in [2.24, 2.45) is 0 Å². The Labute approximate surface area is 209 Å². The monoisotopic (exact) mass is 494 g/mol. The van der Waals surface area contributed by atoms with E-state index in [2.05, 4.69) is 10.6 Å². The normalized spacial score (nSPS) is 10.4. The van der Waals surface area contributed by atoms with Crippen molar-refractivity contribution in [2.45, 2.75) is 33.6 Å². The molecule has 0 heterocycles. The number of ether oxygens (including phenoxy) is 2. The van der Waals surface area contributed by atoms with Crippen molar-refractivity contribution in [1.29, 1.82) is 0 Å². The van der Waals surface area contributed by atoms with Crippen LogP contribution in [0.2, 0.25) is 5.02 Å². The lowest BCUT2D eigenvalue weighted by molar-refractivity contribution is -0.147. The molecule has 0 fully saturated rings. The quantitative estimate of drug-likeness (QED) is 0.358. The summed E-state index contributed by atoms with van der Waals surface area (Å²) in [4.78, 5) is 36.1. The lowest BCUT2D eigenvalue weighted by atomic mass is 10.1. The minimum Gasteiger partial charge on any atom is -0.457 e. The molecule has 0 aliphatic rings. The second-order valence-electron chi connectivity index (χ2n) is 8.09. The van der Waals surface area contributed by atoms with E-state index in [4.69, 9.17) is 21.1 Å². The van der Waals surface area contributed by atoms with E-state index in [1.165, 1.54) is 5.56 Å². The number of nitrogens with one attached hydrogen (secondary N) is 2. The predicted molar refractivity (Wildman–Crippen MR) is 136 cm³/mol. The fraction of sp³-hybridized carbons (Fsp3) is 0.222. The number of hydrogen-bond donors (Lipinski definition) is 2. The highest BCUT2D eigenvalue weighted by Crippen LogP contribution is 2.25. The zero-order valence-electron chi connectivity index (χ0n) is 19.8. The lowest BCUT2D eigenvalue weighted by Gasteiger charge is -2.10. The molecule has 3 aromatic carbocycles. The standard InChI is InChI=1S/C27H27ClN2O5/c1-17-5-9-23(14-19(17)3)35-22-10-7-21(8-11-22)29-25(31)12-13-27(33)34-16-26(32)30-24-15-20(28)6-4-18(24)2/h4-11,14-15H,12-13,16H2,1-3H3,(H,29,31)(H,30,32). The van der Waals surface area contributed by atoms with Crippen LogP contribution in [0.3, 0.4) is 0 Å². The van der Waals surface area contributed by atoms with Crippen LogP contribution in [0.1, 0.15) is 29.5 Å². The van der Waals surface area contributed by atoms with Crippen molar-refractivity contribution in [3.63, 3.8) is 0 Å². The van der Waals surface area contributed by atoms with Crippen molar-refractivity contribution in [1.82, 2.24) is 0 Å². The molecule has 3 aromatic rings. The number of amides is 2. The summed E-state index contributed by atoms with van der Waals surface area (Å²) in [6, 6.07) is 17.9. The van der Waals surface area contributed by atoms with E-state index >= 15 is 0 Å². The van der Waals surface area contributed by atoms with E-state index in [0.717, 1.165) is 16.9 Å². The first-order valence-corrected chi connectivity index (χ1v) is 11.4. The van der Waals surface area contributed by atoms with Crippen LogP contribution in [0.25, 0.3) is 0 Å². The smallest absolute Gasteiger partial charge is 0.306 e. The van der Waals surface area contributed by atoms with Crippen LogP contribution in [0.5, 0.6) is 11.5 Å². The van der Waals surface area contributed by atoms with Gasteiger partial charge in [-0.2, -0.15) is 0 Å². The van der Waals surface area contributed by atoms with Crippen molar-refractivity contribution < 1.29 is 23.9 Å². The lowest BCUT2D eigenvalue weighted by Crippen LogP contribution is -2.22. The first-order chi connectivity index (χ1) is 16.7. The maximum atomic E-state index is 12.2. The Kier molecular flexibility index (Phi) is 8.86. The van der Waals surface area contributed by atoms with Gasteiger partial charge in [0.2, 0.25) is 5.91 Å². The molecule has 0 bridgehead atoms. The third-order valence-corrected chi connectivity index (χ3v) is 5.48. The van der Waals surface area contributed by atoms with Crippen molar-refractivity contribution in [2.75, 3.05) is 17.2 Å². The summed E-state index contributed by atoms with van der Waals surface area (Å²) >= 11 is 5.93. The van der Waals surface area contributed by atoms with Gasteiger partial charge in [-0.25, -0.2) is 0 Å². The molecule has 0 aliphatic carbocycles. The molecule has 0 unspecified atom stereocenters. The Balaban J connectivity index is 1.39. The number of anilines is 2. The molecule has 3 rings (SSSR count). The van der Waals surface area contributed by atoms with Gasteiger partial charge in [0.15, 0.2) is 6.61 Å². The summed E-state index contributed by atoms with van der Waals surface area (Å²) in [5.74, 6) is -0.101. The summed E-state index contributed by atoms with van der Waals surface area (Å²) < 4.78 is 10.8. The molecule has 0 radical (unpaired) electrons. The van der Waals surface area contributed by atoms with E-state index in [1.54, 1.807) is 42.5 Å². The van der Waals surface area contributed by atoms with Gasteiger partial charge in [0, 0.05) is 22.8 Å². The van der Waals surface area contributed by atoms with Crippen LogP contribution in [-0.2, 0) is 19.1 Å². The number of carbonyl (C=O) groups is 3. The minimum absolute atomic E-state index is 0.0747. The molecule has 2 N–H and O–H groups in total. The number of esters is 1. The van der Waals surface area contributed by atoms with E-state index in [1.807, 2.05) is 39.0 Å². The van der Waals surface area contributed by atoms with Gasteiger partial charge in [0.1, 0.15) is 11.5 Å². The first kappa shape index (κ1) is 25.8. The Morgan fingerprint density at radius 1 is 0.743 bits per heavy atom. The number of benzene rings is 3. The molecule has 0 atom stereocenters. The van der Waals surface area contributed by atoms with Crippen molar-refractivity contribution in [3.05, 3.63) is 82.4 Å². The predicted octanol–water partition coefficient (Wildman–Crippen LogP) is 5.96. The van der Waals surface area contributed by atoms with Gasteiger partial charge in [-0.05, 0) is 86.0 Å². The average Bonchev–Trinajstić information content (AvgIpc) is 2.82. The molecule has 8 heteroatoms. The van der Waals surface area contributed by atoms with Crippen molar-refractivity contribution in [3.8, 4) is 11.5 Å². The second-order valence-corrected chi connectivity index (χ2v) is 8.53. The second kappa shape index (κ2) is 12.0. The molecule has 35 heavy (non-hydrogen) atoms. The van der Waals surface area contributed by atoms with Crippen LogP contribution in [0, 0.1) is 20.8 Å². The summed E-state index contributed by atoms with van der Waals surface area (Å²) in [6.45, 7) is 5.43. The Hall–Kier alpha value is -3.84. The summed E-state index contributed by atoms with van der Waals surface area (Å²) in [5.41, 5.74) is 4.28. The number of hydrogen-bond acceptors (Lipinski definition) is 5. The van der Waals surface area contributed by atoms with Gasteiger partial charge < -0.3 is 20.1 Å². The van der Waals surface area contributed by atoms with Crippen molar-refractivity contribution >= 4 is 40.8 Å². The molecular weight excluding hydrogens is 468 g/mol. The van der Waals surface area contributed by atoms with E-state index < -0.39 is 18.5 Å².